The quantitative estimate of drug-likeness (QED) is 0.0166. The highest BCUT2D eigenvalue weighted by Gasteiger charge is 2.41. The van der Waals surface area contributed by atoms with Crippen LogP contribution >= 0.6 is 0 Å². The lowest BCUT2D eigenvalue weighted by Gasteiger charge is -2.29. The Bertz CT molecular complexity index is 4140. The number of aromatic amines is 1. The van der Waals surface area contributed by atoms with E-state index >= 15 is 9.59 Å². The molecule has 0 bridgehead atoms. The molecule has 17 atom stereocenters. The molecule has 0 spiro atoms. The molecule has 0 aliphatic rings. The summed E-state index contributed by atoms with van der Waals surface area (Å²) in [5.74, 6) is -25.3. The van der Waals surface area contributed by atoms with Crippen LogP contribution in [-0.4, -0.2) is 277 Å². The summed E-state index contributed by atoms with van der Waals surface area (Å²) in [4.78, 5) is 264. The Balaban J connectivity index is 2.70. The number of para-hydroxylation sites is 1. The molecule has 16 amide bonds. The molecule has 1 aromatic heterocycles. The predicted molar refractivity (Wildman–Crippen MR) is 461 cm³/mol. The number of nitrogens with one attached hydrogen (secondary N) is 17. The van der Waals surface area contributed by atoms with Gasteiger partial charge in [-0.25, -0.2) is 4.79 Å². The van der Waals surface area contributed by atoms with Crippen LogP contribution in [0.4, 0.5) is 0 Å². The lowest BCUT2D eigenvalue weighted by molar-refractivity contribution is -0.144. The highest BCUT2D eigenvalue weighted by Crippen LogP contribution is 2.22. The van der Waals surface area contributed by atoms with E-state index in [1.807, 2.05) is 0 Å². The van der Waals surface area contributed by atoms with Crippen molar-refractivity contribution in [3.8, 4) is 0 Å². The van der Waals surface area contributed by atoms with Gasteiger partial charge in [0.05, 0.1) is 31.7 Å². The van der Waals surface area contributed by atoms with Gasteiger partial charge in [-0.1, -0.05) is 87.4 Å². The van der Waals surface area contributed by atoms with Crippen LogP contribution in [0.1, 0.15) is 185 Å². The number of carboxylic acid groups (broad SMARTS) is 3. The van der Waals surface area contributed by atoms with Gasteiger partial charge in [0.15, 0.2) is 5.96 Å². The number of H-pyrrole nitrogens is 1. The van der Waals surface area contributed by atoms with Crippen molar-refractivity contribution in [2.75, 3.05) is 19.7 Å². The molecule has 0 aliphatic heterocycles. The molecule has 2 rings (SSSR count). The summed E-state index contributed by atoms with van der Waals surface area (Å²) in [5.41, 5.74) is 29.0. The zero-order valence-electron chi connectivity index (χ0n) is 74.4. The highest BCUT2D eigenvalue weighted by molar-refractivity contribution is 6.02. The topological polar surface area (TPSA) is 796 Å². The number of benzene rings is 1. The van der Waals surface area contributed by atoms with Crippen LogP contribution in [0.15, 0.2) is 30.5 Å². The van der Waals surface area contributed by atoms with E-state index in [4.69, 9.17) is 34.1 Å². The highest BCUT2D eigenvalue weighted by atomic mass is 16.4. The van der Waals surface area contributed by atoms with E-state index in [1.165, 1.54) is 13.8 Å². The Morgan fingerprint density at radius 2 is 0.734 bits per heavy atom. The monoisotopic (exact) mass is 1810 g/mol. The van der Waals surface area contributed by atoms with Gasteiger partial charge < -0.3 is 144 Å². The molecular formula is C81H134N22O25. The summed E-state index contributed by atoms with van der Waals surface area (Å²) in [6.45, 7) is 17.7. The van der Waals surface area contributed by atoms with Crippen LogP contribution in [0.2, 0.25) is 0 Å². The molecule has 47 nitrogen and oxygen atoms in total. The first-order chi connectivity index (χ1) is 59.8. The van der Waals surface area contributed by atoms with Crippen molar-refractivity contribution in [2.45, 2.75) is 289 Å². The van der Waals surface area contributed by atoms with Crippen molar-refractivity contribution in [1.82, 2.24) is 84.7 Å². The summed E-state index contributed by atoms with van der Waals surface area (Å²) >= 11 is 0. The van der Waals surface area contributed by atoms with Gasteiger partial charge in [-0.15, -0.1) is 0 Å². The maximum absolute atomic E-state index is 15.2. The maximum atomic E-state index is 15.2. The first kappa shape index (κ1) is 112. The Morgan fingerprint density at radius 3 is 1.12 bits per heavy atom. The molecule has 0 saturated heterocycles. The number of carbonyl (C=O) groups excluding carboxylic acids is 16. The number of aliphatic hydroxyl groups excluding tert-OH is 3. The van der Waals surface area contributed by atoms with Crippen molar-refractivity contribution in [3.05, 3.63) is 36.0 Å². The molecular weight excluding hydrogens is 1680 g/mol. The number of hydrogen-bond donors (Lipinski definition) is 28. The Labute approximate surface area is 740 Å². The van der Waals surface area contributed by atoms with Gasteiger partial charge in [0.2, 0.25) is 94.5 Å². The molecule has 47 heteroatoms. The number of carboxylic acids is 3. The summed E-state index contributed by atoms with van der Waals surface area (Å²) in [6.07, 6.45) is -7.63. The van der Waals surface area contributed by atoms with E-state index in [1.54, 1.807) is 85.9 Å². The van der Waals surface area contributed by atoms with Gasteiger partial charge in [0.25, 0.3) is 0 Å². The lowest BCUT2D eigenvalue weighted by atomic mass is 9.98. The third kappa shape index (κ3) is 41.0. The molecule has 33 N–H and O–H groups in total. The van der Waals surface area contributed by atoms with Crippen LogP contribution in [0.3, 0.4) is 0 Å². The summed E-state index contributed by atoms with van der Waals surface area (Å²) in [7, 11) is 0. The molecule has 0 fully saturated rings. The van der Waals surface area contributed by atoms with Crippen LogP contribution in [0.5, 0.6) is 0 Å². The van der Waals surface area contributed by atoms with Crippen LogP contribution < -0.4 is 108 Å². The third-order valence-corrected chi connectivity index (χ3v) is 19.8. The van der Waals surface area contributed by atoms with Crippen molar-refractivity contribution in [3.63, 3.8) is 0 Å². The van der Waals surface area contributed by atoms with Gasteiger partial charge in [0.1, 0.15) is 90.6 Å². The molecule has 0 radical (unpaired) electrons. The number of aliphatic hydroxyl groups is 3. The minimum Gasteiger partial charge on any atom is -0.481 e. The zero-order valence-corrected chi connectivity index (χ0v) is 74.4. The number of carbonyl (C=O) groups is 19. The van der Waals surface area contributed by atoms with Crippen molar-refractivity contribution in [2.24, 2.45) is 58.3 Å². The van der Waals surface area contributed by atoms with Gasteiger partial charge >= 0.3 is 17.9 Å². The molecule has 1 aromatic carbocycles. The van der Waals surface area contributed by atoms with Gasteiger partial charge in [-0.3, -0.25) is 91.7 Å². The average molecular weight is 1820 g/mol. The number of fused-ring (bicyclic) bond motifs is 1. The fraction of sp³-hybridized carbons (Fsp3) is 0.654. The van der Waals surface area contributed by atoms with Crippen molar-refractivity contribution >= 4 is 129 Å². The second kappa shape index (κ2) is 56.1. The number of hydrogen-bond acceptors (Lipinski definition) is 25. The molecule has 0 unspecified atom stereocenters. The number of rotatable bonds is 61. The average Bonchev–Trinajstić information content (AvgIpc) is 1.63. The normalized spacial score (nSPS) is 15.4. The molecule has 0 saturated carbocycles. The van der Waals surface area contributed by atoms with E-state index in [-0.39, 0.29) is 89.1 Å². The fourth-order valence-corrected chi connectivity index (χ4v) is 13.1. The van der Waals surface area contributed by atoms with E-state index < -0.39 is 278 Å². The SMILES string of the molecule is CC(C)C[C@H](NC(=O)[C@H](CCCCN)NC(=O)[C@H](Cc1c[nH]c2ccccc12)NC(=O)[C@H](CCCNC(=N)N)NC(=O)[C@@H](NC(=O)[C@H](CC(N)=O)NC(=O)[C@H](CC(C)C)NC(=O)[C@H](CC(=O)O)NC(=O)[C@H](CCC(=O)O)NC(=O)[C@H](CC(C)C)NC(=O)[C@@H](NC(=O)[C@@H](N)CO)[C@@H](C)O)[C@@H](C)O)C(=O)N[C@@H](CC(C)C)C(=O)N[C@@H](CCC(N)=O)C(=O)N[C@H](C(=O)O)C(C)C. The maximum Gasteiger partial charge on any atom is 0.326 e. The van der Waals surface area contributed by atoms with Crippen LogP contribution in [-0.2, 0) is 97.5 Å². The number of guanidine groups is 1. The number of aromatic nitrogens is 1. The molecule has 128 heavy (non-hydrogen) atoms. The Kier molecular flexibility index (Phi) is 49.0. The van der Waals surface area contributed by atoms with E-state index in [9.17, 15) is 112 Å². The molecule has 0 aliphatic carbocycles. The van der Waals surface area contributed by atoms with Gasteiger partial charge in [-0.05, 0) is 132 Å². The molecule has 2 aromatic rings. The molecule has 1 heterocycles. The number of nitrogens with two attached hydrogens (primary N) is 5. The second-order valence-corrected chi connectivity index (χ2v) is 33.5. The zero-order chi connectivity index (χ0) is 97.3. The number of aliphatic carboxylic acids is 3. The summed E-state index contributed by atoms with van der Waals surface area (Å²) < 4.78 is 0. The summed E-state index contributed by atoms with van der Waals surface area (Å²) in [6, 6.07) is -18.8. The Hall–Kier alpha value is -12.2. The summed E-state index contributed by atoms with van der Waals surface area (Å²) in [5, 5.41) is 105. The minimum atomic E-state index is -2.15. The number of unbranched alkanes of at least 4 members (excludes halogenated alkanes) is 1. The van der Waals surface area contributed by atoms with E-state index in [2.05, 4.69) is 84.7 Å². The van der Waals surface area contributed by atoms with Crippen LogP contribution in [0.25, 0.3) is 10.9 Å². The van der Waals surface area contributed by atoms with E-state index in [0.29, 0.717) is 22.9 Å². The Morgan fingerprint density at radius 1 is 0.391 bits per heavy atom. The fourth-order valence-electron chi connectivity index (χ4n) is 13.1. The minimum absolute atomic E-state index is 0.0451. The second-order valence-electron chi connectivity index (χ2n) is 33.5. The third-order valence-electron chi connectivity index (χ3n) is 19.8. The predicted octanol–water partition coefficient (Wildman–Crippen LogP) is -6.62. The van der Waals surface area contributed by atoms with Gasteiger partial charge in [0, 0.05) is 42.9 Å². The first-order valence-corrected chi connectivity index (χ1v) is 42.3. The van der Waals surface area contributed by atoms with Crippen molar-refractivity contribution in [1.29, 1.82) is 5.41 Å². The number of amides is 16. The standard InChI is InChI=1S/C81H134N22O25/c1-37(2)28-52(71(118)91-50(22-24-59(84)107)70(117)101-63(41(9)10)80(127)128)95-73(120)53(29-38(3)4)94-67(114)48(20-15-16-26-82)90-75(122)56(32-44-35-89-47-19-14-13-18-45(44)47)97-68(115)49(21-17-27-88-81(86)87)93-78(125)65(43(12)106)103-77(124)57(33-60(85)108)98-74(121)54(30-39(5)6)96-76(123)58(34-62(111)112)99-69(116)51(23-25-61(109)110)92-72(119)55(31-40(7)8)100-79(126)64(42(11)105)102-66(113)46(83)36-104/h13-14,18-19,35,37-43,46,48-58,63-65,89,104-106H,15-17,20-34,36,82-83H2,1-12H3,(H2,84,107)(H2,85,108)(H,90,122)(H,91,118)(H,92,119)(H,93,125)(H,94,114)(H,95,120)(H,96,123)(H,97,115)(H,98,121)(H,99,116)(H,100,126)(H,101,117)(H,102,113)(H,103,124)(H,109,110)(H,111,112)(H,127,128)(H4,86,87,88)/t42-,43-,46+,48+,49+,50+,51+,52+,53+,54+,55+,56+,57+,58+,63+,64+,65+/m1/s1. The van der Waals surface area contributed by atoms with Crippen molar-refractivity contribution < 1.29 is 122 Å². The van der Waals surface area contributed by atoms with Gasteiger partial charge in [-0.2, -0.15) is 0 Å². The lowest BCUT2D eigenvalue weighted by Crippen LogP contribution is -2.62. The number of primary amides is 2. The smallest absolute Gasteiger partial charge is 0.326 e. The first-order valence-electron chi connectivity index (χ1n) is 42.3. The largest absolute Gasteiger partial charge is 0.481 e. The van der Waals surface area contributed by atoms with E-state index in [0.717, 1.165) is 13.8 Å². The van der Waals surface area contributed by atoms with Crippen LogP contribution in [0, 0.1) is 35.0 Å². The molecule has 718 valence electrons.